The SMILES string of the molecule is N#Cc1cc(OC(F)F)cc(C(O)C(=O)O)c1F. The normalized spacial score (nSPS) is 12.0. The fourth-order valence-corrected chi connectivity index (χ4v) is 1.20. The highest BCUT2D eigenvalue weighted by Crippen LogP contribution is 2.27. The summed E-state index contributed by atoms with van der Waals surface area (Å²) in [7, 11) is 0. The van der Waals surface area contributed by atoms with Gasteiger partial charge in [-0.05, 0) is 6.07 Å². The van der Waals surface area contributed by atoms with Gasteiger partial charge >= 0.3 is 12.6 Å². The van der Waals surface area contributed by atoms with Gasteiger partial charge in [0.2, 0.25) is 0 Å². The quantitative estimate of drug-likeness (QED) is 0.855. The van der Waals surface area contributed by atoms with Gasteiger partial charge in [-0.2, -0.15) is 14.0 Å². The largest absolute Gasteiger partial charge is 0.479 e. The number of carboxylic acid groups (broad SMARTS) is 1. The summed E-state index contributed by atoms with van der Waals surface area (Å²) >= 11 is 0. The second-order valence-electron chi connectivity index (χ2n) is 3.11. The zero-order chi connectivity index (χ0) is 13.9. The van der Waals surface area contributed by atoms with Crippen molar-refractivity contribution in [3.63, 3.8) is 0 Å². The molecule has 1 aromatic carbocycles. The Kier molecular flexibility index (Phi) is 4.12. The molecule has 0 aliphatic rings. The number of aliphatic hydroxyl groups excluding tert-OH is 1. The van der Waals surface area contributed by atoms with E-state index in [2.05, 4.69) is 4.74 Å². The molecule has 0 saturated heterocycles. The van der Waals surface area contributed by atoms with E-state index in [9.17, 15) is 18.0 Å². The van der Waals surface area contributed by atoms with Gasteiger partial charge < -0.3 is 14.9 Å². The Morgan fingerprint density at radius 3 is 2.50 bits per heavy atom. The second-order valence-corrected chi connectivity index (χ2v) is 3.11. The zero-order valence-electron chi connectivity index (χ0n) is 8.60. The van der Waals surface area contributed by atoms with Crippen LogP contribution in [0.5, 0.6) is 5.75 Å². The first-order valence-corrected chi connectivity index (χ1v) is 4.46. The van der Waals surface area contributed by atoms with Gasteiger partial charge in [0, 0.05) is 11.6 Å². The molecule has 5 nitrogen and oxygen atoms in total. The van der Waals surface area contributed by atoms with Crippen molar-refractivity contribution in [1.82, 2.24) is 0 Å². The molecule has 0 aromatic heterocycles. The maximum atomic E-state index is 13.5. The standard InChI is InChI=1S/C10H6F3NO4/c11-7-4(3-14)1-5(18-10(12)13)2-6(7)8(15)9(16)17/h1-2,8,10,15H,(H,16,17). The minimum Gasteiger partial charge on any atom is -0.479 e. The van der Waals surface area contributed by atoms with Crippen molar-refractivity contribution in [2.75, 3.05) is 0 Å². The van der Waals surface area contributed by atoms with Crippen molar-refractivity contribution in [2.45, 2.75) is 12.7 Å². The third kappa shape index (κ3) is 2.89. The molecule has 2 N–H and O–H groups in total. The number of carbonyl (C=O) groups is 1. The minimum atomic E-state index is -3.23. The highest BCUT2D eigenvalue weighted by molar-refractivity contribution is 5.74. The average molecular weight is 261 g/mol. The zero-order valence-corrected chi connectivity index (χ0v) is 8.60. The summed E-state index contributed by atoms with van der Waals surface area (Å²) in [5, 5.41) is 26.2. The topological polar surface area (TPSA) is 90.5 Å². The van der Waals surface area contributed by atoms with E-state index in [0.29, 0.717) is 12.1 Å². The van der Waals surface area contributed by atoms with Crippen molar-refractivity contribution >= 4 is 5.97 Å². The molecule has 18 heavy (non-hydrogen) atoms. The molecule has 0 fully saturated rings. The molecule has 0 heterocycles. The number of rotatable bonds is 4. The molecular weight excluding hydrogens is 255 g/mol. The van der Waals surface area contributed by atoms with Crippen LogP contribution in [0.15, 0.2) is 12.1 Å². The average Bonchev–Trinajstić information content (AvgIpc) is 2.29. The van der Waals surface area contributed by atoms with Crippen LogP contribution in [-0.2, 0) is 4.79 Å². The first kappa shape index (κ1) is 13.8. The molecule has 8 heteroatoms. The van der Waals surface area contributed by atoms with Crippen LogP contribution < -0.4 is 4.74 Å². The van der Waals surface area contributed by atoms with E-state index < -0.39 is 41.4 Å². The molecule has 0 radical (unpaired) electrons. The van der Waals surface area contributed by atoms with Crippen LogP contribution in [0.4, 0.5) is 13.2 Å². The number of aliphatic hydroxyl groups is 1. The van der Waals surface area contributed by atoms with E-state index in [4.69, 9.17) is 15.5 Å². The maximum absolute atomic E-state index is 13.5. The summed E-state index contributed by atoms with van der Waals surface area (Å²) in [6, 6.07) is 2.62. The summed E-state index contributed by atoms with van der Waals surface area (Å²) in [6.45, 7) is -3.23. The lowest BCUT2D eigenvalue weighted by Crippen LogP contribution is -2.14. The van der Waals surface area contributed by atoms with Gasteiger partial charge in [-0.1, -0.05) is 0 Å². The van der Waals surface area contributed by atoms with E-state index in [1.165, 1.54) is 6.07 Å². The van der Waals surface area contributed by atoms with Crippen LogP contribution in [0.3, 0.4) is 0 Å². The molecular formula is C10H6F3NO4. The number of benzene rings is 1. The molecule has 0 spiro atoms. The predicted molar refractivity (Wildman–Crippen MR) is 50.3 cm³/mol. The highest BCUT2D eigenvalue weighted by Gasteiger charge is 2.24. The number of ether oxygens (including phenoxy) is 1. The molecule has 96 valence electrons. The van der Waals surface area contributed by atoms with Crippen LogP contribution in [-0.4, -0.2) is 22.8 Å². The third-order valence-electron chi connectivity index (χ3n) is 1.95. The van der Waals surface area contributed by atoms with E-state index in [1.54, 1.807) is 0 Å². The van der Waals surface area contributed by atoms with Crippen molar-refractivity contribution < 1.29 is 32.9 Å². The number of carboxylic acids is 1. The third-order valence-corrected chi connectivity index (χ3v) is 1.95. The van der Waals surface area contributed by atoms with E-state index in [-0.39, 0.29) is 0 Å². The van der Waals surface area contributed by atoms with Gasteiger partial charge in [-0.25, -0.2) is 9.18 Å². The van der Waals surface area contributed by atoms with Gasteiger partial charge in [0.25, 0.3) is 0 Å². The number of alkyl halides is 2. The number of aliphatic carboxylic acids is 1. The van der Waals surface area contributed by atoms with Crippen LogP contribution in [0, 0.1) is 17.1 Å². The Morgan fingerprint density at radius 2 is 2.06 bits per heavy atom. The van der Waals surface area contributed by atoms with Crippen LogP contribution in [0.25, 0.3) is 0 Å². The fourth-order valence-electron chi connectivity index (χ4n) is 1.20. The van der Waals surface area contributed by atoms with Gasteiger partial charge in [-0.3, -0.25) is 0 Å². The van der Waals surface area contributed by atoms with Gasteiger partial charge in [-0.15, -0.1) is 0 Å². The number of halogens is 3. The van der Waals surface area contributed by atoms with Gasteiger partial charge in [0.1, 0.15) is 17.6 Å². The lowest BCUT2D eigenvalue weighted by molar-refractivity contribution is -0.147. The predicted octanol–water partition coefficient (Wildman–Crippen LogP) is 1.42. The van der Waals surface area contributed by atoms with Crippen LogP contribution in [0.2, 0.25) is 0 Å². The van der Waals surface area contributed by atoms with E-state index >= 15 is 0 Å². The number of hydrogen-bond acceptors (Lipinski definition) is 4. The van der Waals surface area contributed by atoms with Crippen molar-refractivity contribution in [1.29, 1.82) is 5.26 Å². The molecule has 1 aromatic rings. The minimum absolute atomic E-state index is 0.598. The van der Waals surface area contributed by atoms with Crippen LogP contribution in [0.1, 0.15) is 17.2 Å². The lowest BCUT2D eigenvalue weighted by Gasteiger charge is -2.11. The number of hydrogen-bond donors (Lipinski definition) is 2. The van der Waals surface area contributed by atoms with Crippen LogP contribution >= 0.6 is 0 Å². The molecule has 0 aliphatic heterocycles. The molecule has 0 amide bonds. The number of nitriles is 1. The van der Waals surface area contributed by atoms with Crippen molar-refractivity contribution in [2.24, 2.45) is 0 Å². The maximum Gasteiger partial charge on any atom is 0.387 e. The number of nitrogens with zero attached hydrogens (tertiary/aromatic N) is 1. The Bertz CT molecular complexity index is 513. The lowest BCUT2D eigenvalue weighted by atomic mass is 10.0. The molecule has 0 aliphatic carbocycles. The summed E-state index contributed by atoms with van der Waals surface area (Å²) in [5.74, 6) is -3.70. The smallest absolute Gasteiger partial charge is 0.387 e. The Hall–Kier alpha value is -2.27. The molecule has 1 atom stereocenters. The molecule has 1 unspecified atom stereocenters. The Labute approximate surface area is 98.6 Å². The van der Waals surface area contributed by atoms with Gasteiger partial charge in [0.15, 0.2) is 6.10 Å². The molecule has 1 rings (SSSR count). The van der Waals surface area contributed by atoms with Gasteiger partial charge in [0.05, 0.1) is 5.56 Å². The molecule has 0 bridgehead atoms. The highest BCUT2D eigenvalue weighted by atomic mass is 19.3. The van der Waals surface area contributed by atoms with Crippen molar-refractivity contribution in [3.8, 4) is 11.8 Å². The summed E-state index contributed by atoms with van der Waals surface area (Å²) in [6.07, 6.45) is -2.28. The monoisotopic (exact) mass is 261 g/mol. The van der Waals surface area contributed by atoms with E-state index in [1.807, 2.05) is 0 Å². The fraction of sp³-hybridized carbons (Fsp3) is 0.200. The first-order valence-electron chi connectivity index (χ1n) is 4.46. The van der Waals surface area contributed by atoms with E-state index in [0.717, 1.165) is 0 Å². The Morgan fingerprint density at radius 1 is 1.44 bits per heavy atom. The summed E-state index contributed by atoms with van der Waals surface area (Å²) < 4.78 is 41.4. The van der Waals surface area contributed by atoms with Crippen molar-refractivity contribution in [3.05, 3.63) is 29.1 Å². The Balaban J connectivity index is 3.32. The first-order chi connectivity index (χ1) is 8.36. The summed E-state index contributed by atoms with van der Waals surface area (Å²) in [4.78, 5) is 10.5. The molecule has 0 saturated carbocycles. The second kappa shape index (κ2) is 5.37. The summed E-state index contributed by atoms with van der Waals surface area (Å²) in [5.41, 5.74) is -1.53.